The van der Waals surface area contributed by atoms with Crippen LogP contribution in [-0.2, 0) is 10.1 Å². The summed E-state index contributed by atoms with van der Waals surface area (Å²) < 4.78 is 31.7. The van der Waals surface area contributed by atoms with Gasteiger partial charge in [-0.05, 0) is 12.1 Å². The minimum absolute atomic E-state index is 0.0273. The van der Waals surface area contributed by atoms with E-state index in [4.69, 9.17) is 34.8 Å². The number of hydrogen-bond acceptors (Lipinski definition) is 3. The lowest BCUT2D eigenvalue weighted by atomic mass is 10.4. The Kier molecular flexibility index (Phi) is 3.09. The fourth-order valence-corrected chi connectivity index (χ4v) is 2.15. The third kappa shape index (κ3) is 2.48. The lowest BCUT2D eigenvalue weighted by Crippen LogP contribution is -1.99. The van der Waals surface area contributed by atoms with Crippen molar-refractivity contribution >= 4 is 44.9 Å². The molecule has 0 saturated heterocycles. The van der Waals surface area contributed by atoms with E-state index >= 15 is 0 Å². The maximum Gasteiger partial charge on any atom is 0.125 e. The summed E-state index contributed by atoms with van der Waals surface area (Å²) in [5.74, 6) is 0. The van der Waals surface area contributed by atoms with Crippen molar-refractivity contribution < 1.29 is 13.0 Å². The fraction of sp³-hybridized carbons (Fsp3) is 0. The van der Waals surface area contributed by atoms with Crippen molar-refractivity contribution in [3.8, 4) is 0 Å². The molecule has 3 nitrogen and oxygen atoms in total. The Bertz CT molecular complexity index is 441. The Hall–Kier alpha value is -0.000000000000000167. The van der Waals surface area contributed by atoms with Crippen molar-refractivity contribution in [2.75, 3.05) is 0 Å². The first-order chi connectivity index (χ1) is 5.82. The largest absolute Gasteiger partial charge is 0.744 e. The molecule has 1 aromatic carbocycles. The van der Waals surface area contributed by atoms with Crippen LogP contribution in [0.25, 0.3) is 0 Å². The molecule has 0 unspecified atom stereocenters. The molecule has 0 heterocycles. The van der Waals surface area contributed by atoms with Crippen LogP contribution in [0.5, 0.6) is 0 Å². The van der Waals surface area contributed by atoms with Crippen molar-refractivity contribution in [1.29, 1.82) is 0 Å². The molecule has 72 valence electrons. The summed E-state index contributed by atoms with van der Waals surface area (Å²) in [6, 6.07) is 2.03. The van der Waals surface area contributed by atoms with Crippen molar-refractivity contribution in [3.05, 3.63) is 27.2 Å². The molecule has 0 aliphatic heterocycles. The summed E-state index contributed by atoms with van der Waals surface area (Å²) >= 11 is 16.5. The van der Waals surface area contributed by atoms with Gasteiger partial charge in [0.2, 0.25) is 0 Å². The van der Waals surface area contributed by atoms with Crippen LogP contribution in [0.15, 0.2) is 17.0 Å². The summed E-state index contributed by atoms with van der Waals surface area (Å²) in [6.07, 6.45) is 0. The van der Waals surface area contributed by atoms with Crippen molar-refractivity contribution in [2.24, 2.45) is 0 Å². The van der Waals surface area contributed by atoms with E-state index in [1.54, 1.807) is 0 Å². The van der Waals surface area contributed by atoms with Gasteiger partial charge in [-0.3, -0.25) is 0 Å². The zero-order chi connectivity index (χ0) is 10.2. The third-order valence-electron chi connectivity index (χ3n) is 1.24. The van der Waals surface area contributed by atoms with E-state index in [-0.39, 0.29) is 15.1 Å². The van der Waals surface area contributed by atoms with E-state index in [9.17, 15) is 13.0 Å². The second kappa shape index (κ2) is 3.63. The molecule has 1 rings (SSSR count). The molecule has 1 aromatic rings. The summed E-state index contributed by atoms with van der Waals surface area (Å²) in [6.45, 7) is 0. The van der Waals surface area contributed by atoms with Crippen LogP contribution in [0.4, 0.5) is 0 Å². The van der Waals surface area contributed by atoms with Crippen molar-refractivity contribution in [1.82, 2.24) is 0 Å². The monoisotopic (exact) mass is 259 g/mol. The van der Waals surface area contributed by atoms with Crippen LogP contribution < -0.4 is 0 Å². The molecular formula is C6H2Cl3O3S-. The van der Waals surface area contributed by atoms with Gasteiger partial charge in [0.15, 0.2) is 0 Å². The van der Waals surface area contributed by atoms with Gasteiger partial charge >= 0.3 is 0 Å². The van der Waals surface area contributed by atoms with E-state index in [2.05, 4.69) is 0 Å². The second-order valence-corrected chi connectivity index (χ2v) is 4.72. The zero-order valence-corrected chi connectivity index (χ0v) is 9.01. The molecule has 0 spiro atoms. The second-order valence-electron chi connectivity index (χ2n) is 2.15. The van der Waals surface area contributed by atoms with Crippen LogP contribution in [0.2, 0.25) is 15.1 Å². The van der Waals surface area contributed by atoms with Gasteiger partial charge in [-0.2, -0.15) is 0 Å². The maximum atomic E-state index is 10.6. The smallest absolute Gasteiger partial charge is 0.125 e. The lowest BCUT2D eigenvalue weighted by Gasteiger charge is -2.09. The minimum atomic E-state index is -4.60. The molecule has 0 fully saturated rings. The summed E-state index contributed by atoms with van der Waals surface area (Å²) in [5.41, 5.74) is 0. The topological polar surface area (TPSA) is 57.2 Å². The number of benzene rings is 1. The van der Waals surface area contributed by atoms with E-state index in [0.29, 0.717) is 0 Å². The Labute approximate surface area is 90.0 Å². The summed E-state index contributed by atoms with van der Waals surface area (Å²) in [5, 5.41) is -0.163. The summed E-state index contributed by atoms with van der Waals surface area (Å²) in [4.78, 5) is -0.566. The minimum Gasteiger partial charge on any atom is -0.744 e. The molecule has 7 heteroatoms. The average Bonchev–Trinajstić information content (AvgIpc) is 1.94. The van der Waals surface area contributed by atoms with Gasteiger partial charge < -0.3 is 4.55 Å². The third-order valence-corrected chi connectivity index (χ3v) is 3.27. The number of halogens is 3. The molecule has 0 N–H and O–H groups in total. The van der Waals surface area contributed by atoms with Gasteiger partial charge in [-0.25, -0.2) is 8.42 Å². The Morgan fingerprint density at radius 2 is 1.46 bits per heavy atom. The van der Waals surface area contributed by atoms with Gasteiger partial charge in [0.25, 0.3) is 0 Å². The van der Waals surface area contributed by atoms with Crippen LogP contribution >= 0.6 is 34.8 Å². The first kappa shape index (κ1) is 11.1. The first-order valence-electron chi connectivity index (χ1n) is 2.93. The molecule has 0 aromatic heterocycles. The van der Waals surface area contributed by atoms with E-state index in [1.807, 2.05) is 0 Å². The van der Waals surface area contributed by atoms with E-state index in [1.165, 1.54) is 0 Å². The molecular weight excluding hydrogens is 258 g/mol. The van der Waals surface area contributed by atoms with Crippen molar-refractivity contribution in [2.45, 2.75) is 4.90 Å². The quantitative estimate of drug-likeness (QED) is 0.576. The Morgan fingerprint density at radius 3 is 1.92 bits per heavy atom. The van der Waals surface area contributed by atoms with Crippen LogP contribution in [0.1, 0.15) is 0 Å². The van der Waals surface area contributed by atoms with Crippen molar-refractivity contribution in [3.63, 3.8) is 0 Å². The molecule has 0 atom stereocenters. The van der Waals surface area contributed by atoms with Gasteiger partial charge in [0.1, 0.15) is 10.1 Å². The SMILES string of the molecule is O=S(=O)([O-])c1cc(Cl)c(Cl)cc1Cl. The molecule has 0 aliphatic rings. The van der Waals surface area contributed by atoms with Crippen LogP contribution in [0, 0.1) is 0 Å². The van der Waals surface area contributed by atoms with E-state index in [0.717, 1.165) is 12.1 Å². The Morgan fingerprint density at radius 1 is 1.00 bits per heavy atom. The average molecular weight is 261 g/mol. The molecule has 0 saturated carbocycles. The molecule has 0 aliphatic carbocycles. The number of hydrogen-bond donors (Lipinski definition) is 0. The van der Waals surface area contributed by atoms with Crippen LogP contribution in [-0.4, -0.2) is 13.0 Å². The highest BCUT2D eigenvalue weighted by Crippen LogP contribution is 2.31. The predicted octanol–water partition coefficient (Wildman–Crippen LogP) is 2.55. The number of rotatable bonds is 1. The first-order valence-corrected chi connectivity index (χ1v) is 5.47. The molecule has 0 amide bonds. The zero-order valence-electron chi connectivity index (χ0n) is 5.92. The van der Waals surface area contributed by atoms with Gasteiger partial charge in [-0.15, -0.1) is 0 Å². The highest BCUT2D eigenvalue weighted by Gasteiger charge is 2.10. The molecule has 13 heavy (non-hydrogen) atoms. The molecule has 0 radical (unpaired) electrons. The standard InChI is InChI=1S/C6H3Cl3O3S/c7-3-1-5(9)6(2-4(3)8)13(10,11)12/h1-2H,(H,10,11,12)/p-1. The maximum absolute atomic E-state index is 10.6. The summed E-state index contributed by atoms with van der Waals surface area (Å²) in [7, 11) is -4.60. The fourth-order valence-electron chi connectivity index (χ4n) is 0.696. The molecule has 0 bridgehead atoms. The predicted molar refractivity (Wildman–Crippen MR) is 49.4 cm³/mol. The lowest BCUT2D eigenvalue weighted by molar-refractivity contribution is 0.463. The van der Waals surface area contributed by atoms with E-state index < -0.39 is 15.0 Å². The van der Waals surface area contributed by atoms with Gasteiger partial charge in [-0.1, -0.05) is 34.8 Å². The highest BCUT2D eigenvalue weighted by molar-refractivity contribution is 7.85. The van der Waals surface area contributed by atoms with Crippen LogP contribution in [0.3, 0.4) is 0 Å². The van der Waals surface area contributed by atoms with Gasteiger partial charge in [0.05, 0.1) is 20.0 Å². The van der Waals surface area contributed by atoms with Gasteiger partial charge in [0, 0.05) is 0 Å². The Balaban J connectivity index is 3.50. The highest BCUT2D eigenvalue weighted by atomic mass is 35.5. The normalized spacial score (nSPS) is 11.7.